The molecular formula is C14H24N4O. The maximum atomic E-state index is 12.0. The van der Waals surface area contributed by atoms with Crippen LogP contribution in [0.2, 0.25) is 0 Å². The lowest BCUT2D eigenvalue weighted by Crippen LogP contribution is -2.40. The van der Waals surface area contributed by atoms with Crippen molar-refractivity contribution in [3.8, 4) is 0 Å². The van der Waals surface area contributed by atoms with Crippen LogP contribution in [-0.4, -0.2) is 33.8 Å². The zero-order valence-electron chi connectivity index (χ0n) is 11.8. The molecule has 1 N–H and O–H groups in total. The van der Waals surface area contributed by atoms with Gasteiger partial charge in [0, 0.05) is 37.9 Å². The topological polar surface area (TPSA) is 50.2 Å². The second-order valence-corrected chi connectivity index (χ2v) is 5.17. The molecule has 2 rings (SSSR count). The Morgan fingerprint density at radius 2 is 2.05 bits per heavy atom. The number of nitrogens with zero attached hydrogens (tertiary/aromatic N) is 3. The summed E-state index contributed by atoms with van der Waals surface area (Å²) < 4.78 is 1.92. The van der Waals surface area contributed by atoms with Crippen molar-refractivity contribution in [1.82, 2.24) is 20.0 Å². The summed E-state index contributed by atoms with van der Waals surface area (Å²) in [7, 11) is 0. The van der Waals surface area contributed by atoms with E-state index in [1.807, 2.05) is 22.0 Å². The third kappa shape index (κ3) is 4.26. The van der Waals surface area contributed by atoms with E-state index in [2.05, 4.69) is 17.3 Å². The Morgan fingerprint density at radius 3 is 2.74 bits per heavy atom. The van der Waals surface area contributed by atoms with Crippen LogP contribution in [0.25, 0.3) is 0 Å². The first-order valence-electron chi connectivity index (χ1n) is 7.33. The number of amides is 2. The molecule has 5 nitrogen and oxygen atoms in total. The van der Waals surface area contributed by atoms with Crippen LogP contribution in [-0.2, 0) is 13.1 Å². The molecule has 0 unspecified atom stereocenters. The van der Waals surface area contributed by atoms with Crippen LogP contribution >= 0.6 is 0 Å². The van der Waals surface area contributed by atoms with Crippen LogP contribution in [0.5, 0.6) is 0 Å². The molecule has 1 aliphatic rings. The third-order valence-corrected chi connectivity index (χ3v) is 3.48. The summed E-state index contributed by atoms with van der Waals surface area (Å²) in [6, 6.07) is 0.0603. The Morgan fingerprint density at radius 1 is 1.32 bits per heavy atom. The van der Waals surface area contributed by atoms with Gasteiger partial charge in [-0.1, -0.05) is 19.8 Å². The fourth-order valence-corrected chi connectivity index (χ4v) is 2.41. The fourth-order valence-electron chi connectivity index (χ4n) is 2.41. The molecule has 1 aromatic heterocycles. The van der Waals surface area contributed by atoms with Crippen LogP contribution in [0.3, 0.4) is 0 Å². The number of aromatic nitrogens is 2. The predicted molar refractivity (Wildman–Crippen MR) is 74.8 cm³/mol. The largest absolute Gasteiger partial charge is 0.334 e. The Kier molecular flexibility index (Phi) is 5.24. The van der Waals surface area contributed by atoms with E-state index in [0.717, 1.165) is 44.5 Å². The van der Waals surface area contributed by atoms with Crippen LogP contribution in [0, 0.1) is 0 Å². The number of nitrogens with one attached hydrogen (secondary N) is 1. The summed E-state index contributed by atoms with van der Waals surface area (Å²) in [6.45, 7) is 5.41. The second-order valence-electron chi connectivity index (χ2n) is 5.17. The Labute approximate surface area is 115 Å². The van der Waals surface area contributed by atoms with Crippen molar-refractivity contribution in [2.75, 3.05) is 13.1 Å². The number of hydrogen-bond donors (Lipinski definition) is 1. The molecule has 106 valence electrons. The van der Waals surface area contributed by atoms with Crippen molar-refractivity contribution < 1.29 is 4.79 Å². The van der Waals surface area contributed by atoms with Crippen LogP contribution in [0.4, 0.5) is 4.79 Å². The standard InChI is InChI=1S/C14H24N4O/c1-2-7-18-12-13(11-16-18)10-15-14(19)17-8-5-3-4-6-9-17/h11-12H,2-10H2,1H3,(H,15,19). The zero-order valence-corrected chi connectivity index (χ0v) is 11.8. The first kappa shape index (κ1) is 13.9. The first-order valence-corrected chi connectivity index (χ1v) is 7.33. The van der Waals surface area contributed by atoms with Crippen molar-refractivity contribution in [1.29, 1.82) is 0 Å². The van der Waals surface area contributed by atoms with Gasteiger partial charge in [-0.3, -0.25) is 4.68 Å². The lowest BCUT2D eigenvalue weighted by Gasteiger charge is -2.20. The lowest BCUT2D eigenvalue weighted by molar-refractivity contribution is 0.199. The van der Waals surface area contributed by atoms with Gasteiger partial charge < -0.3 is 10.2 Å². The van der Waals surface area contributed by atoms with Crippen molar-refractivity contribution in [3.05, 3.63) is 18.0 Å². The van der Waals surface area contributed by atoms with Gasteiger partial charge in [0.25, 0.3) is 0 Å². The van der Waals surface area contributed by atoms with E-state index in [4.69, 9.17) is 0 Å². The maximum absolute atomic E-state index is 12.0. The summed E-state index contributed by atoms with van der Waals surface area (Å²) in [4.78, 5) is 14.0. The zero-order chi connectivity index (χ0) is 13.5. The third-order valence-electron chi connectivity index (χ3n) is 3.48. The molecular weight excluding hydrogens is 240 g/mol. The number of urea groups is 1. The highest BCUT2D eigenvalue weighted by atomic mass is 16.2. The highest BCUT2D eigenvalue weighted by Crippen LogP contribution is 2.09. The van der Waals surface area contributed by atoms with Crippen LogP contribution in [0.15, 0.2) is 12.4 Å². The van der Waals surface area contributed by atoms with Gasteiger partial charge in [0.2, 0.25) is 0 Å². The molecule has 2 amide bonds. The molecule has 1 aromatic rings. The van der Waals surface area contributed by atoms with E-state index >= 15 is 0 Å². The fraction of sp³-hybridized carbons (Fsp3) is 0.714. The second kappa shape index (κ2) is 7.16. The van der Waals surface area contributed by atoms with Gasteiger partial charge in [-0.25, -0.2) is 4.79 Å². The quantitative estimate of drug-likeness (QED) is 0.907. The SMILES string of the molecule is CCCn1cc(CNC(=O)N2CCCCCC2)cn1. The predicted octanol–water partition coefficient (Wildman–Crippen LogP) is 2.38. The van der Waals surface area contributed by atoms with Crippen molar-refractivity contribution in [2.45, 2.75) is 52.1 Å². The maximum Gasteiger partial charge on any atom is 0.317 e. The van der Waals surface area contributed by atoms with Gasteiger partial charge in [0.05, 0.1) is 6.20 Å². The van der Waals surface area contributed by atoms with E-state index < -0.39 is 0 Å². The number of carbonyl (C=O) groups excluding carboxylic acids is 1. The van der Waals surface area contributed by atoms with E-state index in [1.54, 1.807) is 0 Å². The number of hydrogen-bond acceptors (Lipinski definition) is 2. The lowest BCUT2D eigenvalue weighted by atomic mass is 10.2. The summed E-state index contributed by atoms with van der Waals surface area (Å²) >= 11 is 0. The smallest absolute Gasteiger partial charge is 0.317 e. The molecule has 0 aromatic carbocycles. The number of likely N-dealkylation sites (tertiary alicyclic amines) is 1. The first-order chi connectivity index (χ1) is 9.29. The van der Waals surface area contributed by atoms with E-state index in [9.17, 15) is 4.79 Å². The average molecular weight is 264 g/mol. The molecule has 0 aliphatic carbocycles. The molecule has 0 radical (unpaired) electrons. The molecule has 5 heteroatoms. The molecule has 0 spiro atoms. The van der Waals surface area contributed by atoms with E-state index in [0.29, 0.717) is 6.54 Å². The Hall–Kier alpha value is -1.52. The average Bonchev–Trinajstić information content (AvgIpc) is 2.69. The van der Waals surface area contributed by atoms with Gasteiger partial charge in [0.1, 0.15) is 0 Å². The molecule has 1 saturated heterocycles. The molecule has 0 bridgehead atoms. The minimum atomic E-state index is 0.0603. The molecule has 0 saturated carbocycles. The normalized spacial score (nSPS) is 16.2. The number of rotatable bonds is 4. The summed E-state index contributed by atoms with van der Waals surface area (Å²) in [5.74, 6) is 0. The Balaban J connectivity index is 1.78. The minimum Gasteiger partial charge on any atom is -0.334 e. The van der Waals surface area contributed by atoms with Gasteiger partial charge in [-0.05, 0) is 19.3 Å². The molecule has 2 heterocycles. The Bertz CT molecular complexity index is 394. The van der Waals surface area contributed by atoms with Gasteiger partial charge in [-0.15, -0.1) is 0 Å². The van der Waals surface area contributed by atoms with Gasteiger partial charge in [0.15, 0.2) is 0 Å². The number of aryl methyl sites for hydroxylation is 1. The molecule has 19 heavy (non-hydrogen) atoms. The van der Waals surface area contributed by atoms with Crippen molar-refractivity contribution in [3.63, 3.8) is 0 Å². The summed E-state index contributed by atoms with van der Waals surface area (Å²) in [5.41, 5.74) is 1.07. The summed E-state index contributed by atoms with van der Waals surface area (Å²) in [5, 5.41) is 7.25. The van der Waals surface area contributed by atoms with Crippen LogP contribution < -0.4 is 5.32 Å². The molecule has 1 aliphatic heterocycles. The van der Waals surface area contributed by atoms with Crippen molar-refractivity contribution in [2.24, 2.45) is 0 Å². The van der Waals surface area contributed by atoms with Gasteiger partial charge >= 0.3 is 6.03 Å². The van der Waals surface area contributed by atoms with E-state index in [1.165, 1.54) is 12.8 Å². The molecule has 0 atom stereocenters. The highest BCUT2D eigenvalue weighted by molar-refractivity contribution is 5.74. The van der Waals surface area contributed by atoms with Crippen molar-refractivity contribution >= 4 is 6.03 Å². The summed E-state index contributed by atoms with van der Waals surface area (Å²) in [6.07, 6.45) is 9.65. The monoisotopic (exact) mass is 264 g/mol. The molecule has 1 fully saturated rings. The van der Waals surface area contributed by atoms with Crippen LogP contribution in [0.1, 0.15) is 44.6 Å². The minimum absolute atomic E-state index is 0.0603. The number of carbonyl (C=O) groups is 1. The van der Waals surface area contributed by atoms with Gasteiger partial charge in [-0.2, -0.15) is 5.10 Å². The highest BCUT2D eigenvalue weighted by Gasteiger charge is 2.14. The van der Waals surface area contributed by atoms with E-state index in [-0.39, 0.29) is 6.03 Å².